The van der Waals surface area contributed by atoms with E-state index in [1.165, 1.54) is 25.4 Å². The molecule has 0 saturated heterocycles. The van der Waals surface area contributed by atoms with Crippen molar-refractivity contribution in [2.24, 2.45) is 0 Å². The Morgan fingerprint density at radius 1 is 1.15 bits per heavy atom. The van der Waals surface area contributed by atoms with Crippen LogP contribution in [0.3, 0.4) is 0 Å². The molecule has 0 aliphatic carbocycles. The van der Waals surface area contributed by atoms with E-state index in [1.54, 1.807) is 24.3 Å². The van der Waals surface area contributed by atoms with Gasteiger partial charge in [-0.1, -0.05) is 29.5 Å². The lowest BCUT2D eigenvalue weighted by molar-refractivity contribution is -0.137. The van der Waals surface area contributed by atoms with Crippen molar-refractivity contribution in [2.75, 3.05) is 12.4 Å². The summed E-state index contributed by atoms with van der Waals surface area (Å²) in [5, 5.41) is 3.13. The molecule has 1 heterocycles. The fourth-order valence-electron chi connectivity index (χ4n) is 2.24. The van der Waals surface area contributed by atoms with Crippen molar-refractivity contribution in [2.45, 2.75) is 6.18 Å². The number of hydrogen-bond acceptors (Lipinski definition) is 5. The Hall–Kier alpha value is -2.87. The van der Waals surface area contributed by atoms with Gasteiger partial charge in [-0.25, -0.2) is 4.98 Å². The minimum absolute atomic E-state index is 0.238. The van der Waals surface area contributed by atoms with Crippen LogP contribution in [-0.4, -0.2) is 17.9 Å². The predicted octanol–water partition coefficient (Wildman–Crippen LogP) is 5.15. The van der Waals surface area contributed by atoms with Gasteiger partial charge in [0.25, 0.3) is 0 Å². The van der Waals surface area contributed by atoms with Crippen LogP contribution in [-0.2, 0) is 6.18 Å². The SMILES string of the molecule is COc1cccc(C(=O)c2cnc(Nc3cccc(C(F)(F)F)c3)s2)c1. The molecule has 2 aromatic carbocycles. The molecule has 0 spiro atoms. The van der Waals surface area contributed by atoms with Crippen molar-refractivity contribution in [1.29, 1.82) is 0 Å². The number of nitrogens with one attached hydrogen (secondary N) is 1. The van der Waals surface area contributed by atoms with Gasteiger partial charge in [-0.05, 0) is 30.3 Å². The molecular formula is C18H13F3N2O2S. The predicted molar refractivity (Wildman–Crippen MR) is 93.3 cm³/mol. The third kappa shape index (κ3) is 4.02. The molecule has 0 radical (unpaired) electrons. The number of aromatic nitrogens is 1. The van der Waals surface area contributed by atoms with Crippen LogP contribution in [0, 0.1) is 0 Å². The summed E-state index contributed by atoms with van der Waals surface area (Å²) >= 11 is 1.06. The highest BCUT2D eigenvalue weighted by Crippen LogP contribution is 2.32. The normalized spacial score (nSPS) is 11.2. The fraction of sp³-hybridized carbons (Fsp3) is 0.111. The van der Waals surface area contributed by atoms with E-state index in [2.05, 4.69) is 10.3 Å². The van der Waals surface area contributed by atoms with Gasteiger partial charge in [0.1, 0.15) is 5.75 Å². The Morgan fingerprint density at radius 2 is 1.92 bits per heavy atom. The van der Waals surface area contributed by atoms with Crippen molar-refractivity contribution < 1.29 is 22.7 Å². The van der Waals surface area contributed by atoms with E-state index in [0.717, 1.165) is 23.5 Å². The second kappa shape index (κ2) is 7.17. The summed E-state index contributed by atoms with van der Waals surface area (Å²) in [5.74, 6) is 0.321. The highest BCUT2D eigenvalue weighted by atomic mass is 32.1. The number of benzene rings is 2. The summed E-state index contributed by atoms with van der Waals surface area (Å²) < 4.78 is 43.4. The van der Waals surface area contributed by atoms with Crippen molar-refractivity contribution in [3.63, 3.8) is 0 Å². The molecular weight excluding hydrogens is 365 g/mol. The van der Waals surface area contributed by atoms with E-state index in [1.807, 2.05) is 0 Å². The zero-order valence-corrected chi connectivity index (χ0v) is 14.3. The molecule has 3 rings (SSSR count). The van der Waals surface area contributed by atoms with Crippen LogP contribution in [0.4, 0.5) is 24.0 Å². The molecule has 3 aromatic rings. The molecule has 8 heteroatoms. The Balaban J connectivity index is 1.79. The number of rotatable bonds is 5. The Kier molecular flexibility index (Phi) is 4.94. The summed E-state index contributed by atoms with van der Waals surface area (Å²) in [4.78, 5) is 16.9. The van der Waals surface area contributed by atoms with Gasteiger partial charge in [0.05, 0.1) is 23.7 Å². The van der Waals surface area contributed by atoms with Crippen LogP contribution < -0.4 is 10.1 Å². The highest BCUT2D eigenvalue weighted by molar-refractivity contribution is 7.17. The molecule has 0 fully saturated rings. The molecule has 0 aliphatic rings. The topological polar surface area (TPSA) is 51.2 Å². The maximum absolute atomic E-state index is 12.8. The second-order valence-corrected chi connectivity index (χ2v) is 6.32. The first-order valence-corrected chi connectivity index (χ1v) is 8.27. The molecule has 26 heavy (non-hydrogen) atoms. The summed E-state index contributed by atoms with van der Waals surface area (Å²) in [6.07, 6.45) is -3.03. The van der Waals surface area contributed by atoms with Crippen LogP contribution in [0.1, 0.15) is 20.8 Å². The fourth-order valence-corrected chi connectivity index (χ4v) is 3.04. The van der Waals surface area contributed by atoms with E-state index in [0.29, 0.717) is 21.3 Å². The van der Waals surface area contributed by atoms with Gasteiger partial charge in [0.15, 0.2) is 5.13 Å². The number of anilines is 2. The van der Waals surface area contributed by atoms with Crippen molar-refractivity contribution in [3.05, 3.63) is 70.7 Å². The molecule has 0 amide bonds. The number of ketones is 1. The van der Waals surface area contributed by atoms with Crippen LogP contribution in [0.25, 0.3) is 0 Å². The van der Waals surface area contributed by atoms with E-state index >= 15 is 0 Å². The lowest BCUT2D eigenvalue weighted by Crippen LogP contribution is -2.05. The highest BCUT2D eigenvalue weighted by Gasteiger charge is 2.30. The molecule has 1 N–H and O–H groups in total. The van der Waals surface area contributed by atoms with Gasteiger partial charge in [0.2, 0.25) is 5.78 Å². The molecule has 4 nitrogen and oxygen atoms in total. The van der Waals surface area contributed by atoms with Crippen molar-refractivity contribution in [1.82, 2.24) is 4.98 Å². The lowest BCUT2D eigenvalue weighted by atomic mass is 10.1. The lowest BCUT2D eigenvalue weighted by Gasteiger charge is -2.08. The first-order chi connectivity index (χ1) is 12.4. The third-order valence-corrected chi connectivity index (χ3v) is 4.41. The molecule has 134 valence electrons. The summed E-state index contributed by atoms with van der Waals surface area (Å²) in [6, 6.07) is 11.5. The van der Waals surface area contributed by atoms with Gasteiger partial charge < -0.3 is 10.1 Å². The minimum Gasteiger partial charge on any atom is -0.497 e. The molecule has 0 bridgehead atoms. The standard InChI is InChI=1S/C18H13F3N2O2S/c1-25-14-7-2-4-11(8-14)16(24)15-10-22-17(26-15)23-13-6-3-5-12(9-13)18(19,20)21/h2-10H,1H3,(H,22,23). The molecule has 0 aliphatic heterocycles. The van der Waals surface area contributed by atoms with E-state index in [4.69, 9.17) is 4.74 Å². The van der Waals surface area contributed by atoms with Gasteiger partial charge in [-0.15, -0.1) is 0 Å². The molecule has 0 atom stereocenters. The van der Waals surface area contributed by atoms with Gasteiger partial charge in [0, 0.05) is 11.3 Å². The summed E-state index contributed by atoms with van der Waals surface area (Å²) in [6.45, 7) is 0. The average molecular weight is 378 g/mol. The molecule has 0 unspecified atom stereocenters. The summed E-state index contributed by atoms with van der Waals surface area (Å²) in [5.41, 5.74) is -0.0695. The monoisotopic (exact) mass is 378 g/mol. The quantitative estimate of drug-likeness (QED) is 0.624. The van der Waals surface area contributed by atoms with Gasteiger partial charge >= 0.3 is 6.18 Å². The minimum atomic E-state index is -4.42. The van der Waals surface area contributed by atoms with Crippen LogP contribution in [0.15, 0.2) is 54.7 Å². The number of halogens is 3. The number of carbonyl (C=O) groups is 1. The number of nitrogens with zero attached hydrogens (tertiary/aromatic N) is 1. The van der Waals surface area contributed by atoms with Crippen LogP contribution in [0.2, 0.25) is 0 Å². The van der Waals surface area contributed by atoms with E-state index in [-0.39, 0.29) is 11.5 Å². The van der Waals surface area contributed by atoms with E-state index in [9.17, 15) is 18.0 Å². The molecule has 0 saturated carbocycles. The maximum Gasteiger partial charge on any atom is 0.416 e. The Labute approximate surface area is 151 Å². The number of alkyl halides is 3. The average Bonchev–Trinajstić information content (AvgIpc) is 3.09. The number of methoxy groups -OCH3 is 1. The zero-order chi connectivity index (χ0) is 18.7. The Morgan fingerprint density at radius 3 is 2.65 bits per heavy atom. The van der Waals surface area contributed by atoms with Crippen molar-refractivity contribution in [3.8, 4) is 5.75 Å². The number of thiazole rings is 1. The van der Waals surface area contributed by atoms with Crippen molar-refractivity contribution >= 4 is 27.9 Å². The first kappa shape index (κ1) is 17.9. The Bertz CT molecular complexity index is 938. The number of ether oxygens (including phenoxy) is 1. The molecule has 1 aromatic heterocycles. The maximum atomic E-state index is 12.8. The first-order valence-electron chi connectivity index (χ1n) is 7.45. The largest absolute Gasteiger partial charge is 0.497 e. The van der Waals surface area contributed by atoms with E-state index < -0.39 is 11.7 Å². The van der Waals surface area contributed by atoms with Gasteiger partial charge in [-0.3, -0.25) is 4.79 Å². The van der Waals surface area contributed by atoms with Gasteiger partial charge in [-0.2, -0.15) is 13.2 Å². The number of hydrogen-bond donors (Lipinski definition) is 1. The van der Waals surface area contributed by atoms with Crippen LogP contribution >= 0.6 is 11.3 Å². The second-order valence-electron chi connectivity index (χ2n) is 5.29. The summed E-state index contributed by atoms with van der Waals surface area (Å²) in [7, 11) is 1.51. The number of carbonyl (C=O) groups excluding carboxylic acids is 1. The third-order valence-electron chi connectivity index (χ3n) is 3.50. The van der Waals surface area contributed by atoms with Crippen LogP contribution in [0.5, 0.6) is 5.75 Å². The zero-order valence-electron chi connectivity index (χ0n) is 13.5. The smallest absolute Gasteiger partial charge is 0.416 e.